The van der Waals surface area contributed by atoms with Crippen LogP contribution < -0.4 is 14.2 Å². The molecule has 0 aliphatic carbocycles. The van der Waals surface area contributed by atoms with E-state index >= 15 is 0 Å². The van der Waals surface area contributed by atoms with Crippen LogP contribution in [0.15, 0.2) is 23.5 Å². The summed E-state index contributed by atoms with van der Waals surface area (Å²) in [5.41, 5.74) is 1.16. The molecule has 0 unspecified atom stereocenters. The van der Waals surface area contributed by atoms with Gasteiger partial charge in [-0.05, 0) is 58.6 Å². The number of methoxy groups -OCH3 is 3. The lowest BCUT2D eigenvalue weighted by Crippen LogP contribution is -2.33. The molecule has 1 aromatic heterocycles. The highest BCUT2D eigenvalue weighted by Gasteiger charge is 2.44. The van der Waals surface area contributed by atoms with E-state index in [-0.39, 0.29) is 5.57 Å². The number of rotatable bonds is 10. The van der Waals surface area contributed by atoms with Crippen molar-refractivity contribution in [1.29, 1.82) is 0 Å². The Balaban J connectivity index is 2.16. The Hall–Kier alpha value is -3.11. The Morgan fingerprint density at radius 3 is 2.24 bits per heavy atom. The van der Waals surface area contributed by atoms with Crippen molar-refractivity contribution < 1.29 is 28.9 Å². The largest absolute Gasteiger partial charge is 0.503 e. The van der Waals surface area contributed by atoms with Gasteiger partial charge >= 0.3 is 0 Å². The van der Waals surface area contributed by atoms with Crippen molar-refractivity contribution >= 4 is 23.0 Å². The molecule has 0 spiro atoms. The van der Waals surface area contributed by atoms with E-state index in [0.29, 0.717) is 46.3 Å². The average Bonchev–Trinajstić information content (AvgIpc) is 3.27. The molecule has 1 aromatic carbocycles. The van der Waals surface area contributed by atoms with Crippen LogP contribution in [0.5, 0.6) is 17.2 Å². The second-order valence-electron chi connectivity index (χ2n) is 8.26. The normalized spacial score (nSPS) is 15.9. The number of Topliss-reactive ketones (excluding diaryl/α,β-unsaturated/α-hetero) is 1. The van der Waals surface area contributed by atoms with Crippen LogP contribution in [-0.2, 0) is 4.79 Å². The van der Waals surface area contributed by atoms with Crippen LogP contribution in [0.1, 0.15) is 38.4 Å². The van der Waals surface area contributed by atoms with E-state index in [0.717, 1.165) is 11.6 Å². The Bertz CT molecular complexity index is 1100. The Labute approximate surface area is 203 Å². The standard InChI is InChI=1S/C24H31N3O6S/c1-13-23(34-14(2)25-13)20(28)18-19(27(24(30)21(18)29)10-8-9-26(3)4)15-11-16(31-5)22(33-7)17(12-15)32-6/h11-12,19,29H,8-10H2,1-7H3/t19-/m0/s1. The molecule has 1 atom stereocenters. The Morgan fingerprint density at radius 2 is 1.76 bits per heavy atom. The number of nitrogens with zero attached hydrogens (tertiary/aromatic N) is 3. The van der Waals surface area contributed by atoms with Crippen molar-refractivity contribution in [3.8, 4) is 17.2 Å². The van der Waals surface area contributed by atoms with Gasteiger partial charge in [0.05, 0.1) is 48.5 Å². The fraction of sp³-hybridized carbons (Fsp3) is 0.458. The SMILES string of the molecule is COc1cc([C@H]2C(C(=O)c3sc(C)nc3C)=C(O)C(=O)N2CCCN(C)C)cc(OC)c1OC. The van der Waals surface area contributed by atoms with E-state index < -0.39 is 23.5 Å². The number of aliphatic hydroxyl groups is 1. The number of carbonyl (C=O) groups excluding carboxylic acids is 2. The van der Waals surface area contributed by atoms with Gasteiger partial charge in [0.2, 0.25) is 11.5 Å². The highest BCUT2D eigenvalue weighted by atomic mass is 32.1. The summed E-state index contributed by atoms with van der Waals surface area (Å²) in [5.74, 6) is -0.366. The van der Waals surface area contributed by atoms with Crippen LogP contribution in [0.3, 0.4) is 0 Å². The zero-order chi connectivity index (χ0) is 25.2. The van der Waals surface area contributed by atoms with Gasteiger partial charge in [0.1, 0.15) is 0 Å². The number of thiazole rings is 1. The smallest absolute Gasteiger partial charge is 0.290 e. The summed E-state index contributed by atoms with van der Waals surface area (Å²) in [6, 6.07) is 2.58. The zero-order valence-corrected chi connectivity index (χ0v) is 21.4. The minimum Gasteiger partial charge on any atom is -0.503 e. The van der Waals surface area contributed by atoms with Gasteiger partial charge in [0.15, 0.2) is 17.3 Å². The van der Waals surface area contributed by atoms with Crippen molar-refractivity contribution in [3.63, 3.8) is 0 Å². The van der Waals surface area contributed by atoms with E-state index in [1.807, 2.05) is 25.9 Å². The third-order valence-electron chi connectivity index (χ3n) is 5.67. The van der Waals surface area contributed by atoms with Gasteiger partial charge in [0, 0.05) is 6.54 Å². The van der Waals surface area contributed by atoms with Gasteiger partial charge < -0.3 is 29.1 Å². The van der Waals surface area contributed by atoms with Crippen LogP contribution in [-0.4, -0.2) is 80.1 Å². The highest BCUT2D eigenvalue weighted by molar-refractivity contribution is 7.14. The second kappa shape index (κ2) is 10.4. The monoisotopic (exact) mass is 489 g/mol. The van der Waals surface area contributed by atoms with E-state index in [4.69, 9.17) is 14.2 Å². The first kappa shape index (κ1) is 25.5. The summed E-state index contributed by atoms with van der Waals surface area (Å²) < 4.78 is 16.4. The lowest BCUT2D eigenvalue weighted by molar-refractivity contribution is -0.129. The molecule has 1 aliphatic rings. The number of aliphatic hydroxyl groups excluding tert-OH is 1. The molecule has 0 saturated heterocycles. The van der Waals surface area contributed by atoms with Gasteiger partial charge in [0.25, 0.3) is 5.91 Å². The molecule has 2 heterocycles. The third kappa shape index (κ3) is 4.74. The van der Waals surface area contributed by atoms with Crippen LogP contribution in [0.4, 0.5) is 0 Å². The molecule has 0 saturated carbocycles. The molecule has 10 heteroatoms. The molecule has 184 valence electrons. The highest BCUT2D eigenvalue weighted by Crippen LogP contribution is 2.46. The third-order valence-corrected chi connectivity index (χ3v) is 6.74. The van der Waals surface area contributed by atoms with Crippen molar-refractivity contribution in [2.45, 2.75) is 26.3 Å². The molecule has 9 nitrogen and oxygen atoms in total. The fourth-order valence-electron chi connectivity index (χ4n) is 4.14. The molecule has 1 amide bonds. The number of ketones is 1. The summed E-state index contributed by atoms with van der Waals surface area (Å²) in [7, 11) is 8.39. The number of benzene rings is 1. The molecule has 0 radical (unpaired) electrons. The van der Waals surface area contributed by atoms with Gasteiger partial charge in [-0.1, -0.05) is 0 Å². The molecule has 0 fully saturated rings. The zero-order valence-electron chi connectivity index (χ0n) is 20.6. The number of hydrogen-bond donors (Lipinski definition) is 1. The van der Waals surface area contributed by atoms with Crippen LogP contribution in [0.25, 0.3) is 0 Å². The van der Waals surface area contributed by atoms with E-state index in [2.05, 4.69) is 4.98 Å². The quantitative estimate of drug-likeness (QED) is 0.507. The predicted octanol–water partition coefficient (Wildman–Crippen LogP) is 3.32. The predicted molar refractivity (Wildman–Crippen MR) is 129 cm³/mol. The number of aromatic nitrogens is 1. The lowest BCUT2D eigenvalue weighted by atomic mass is 9.94. The summed E-state index contributed by atoms with van der Waals surface area (Å²) in [6.45, 7) is 4.64. The number of carbonyl (C=O) groups is 2. The summed E-state index contributed by atoms with van der Waals surface area (Å²) in [5, 5.41) is 11.6. The topological polar surface area (TPSA) is 101 Å². The fourth-order valence-corrected chi connectivity index (χ4v) is 5.02. The van der Waals surface area contributed by atoms with Crippen LogP contribution in [0, 0.1) is 13.8 Å². The molecule has 3 rings (SSSR count). The van der Waals surface area contributed by atoms with Crippen LogP contribution >= 0.6 is 11.3 Å². The van der Waals surface area contributed by atoms with Gasteiger partial charge in [-0.15, -0.1) is 11.3 Å². The average molecular weight is 490 g/mol. The lowest BCUT2D eigenvalue weighted by Gasteiger charge is -2.28. The molecule has 1 aliphatic heterocycles. The molecule has 2 aromatic rings. The summed E-state index contributed by atoms with van der Waals surface area (Å²) >= 11 is 1.24. The minimum absolute atomic E-state index is 0.0240. The van der Waals surface area contributed by atoms with Crippen molar-refractivity contribution in [3.05, 3.63) is 44.6 Å². The summed E-state index contributed by atoms with van der Waals surface area (Å²) in [4.78, 5) is 35.1. The van der Waals surface area contributed by atoms with Crippen molar-refractivity contribution in [2.24, 2.45) is 0 Å². The molecular weight excluding hydrogens is 458 g/mol. The van der Waals surface area contributed by atoms with E-state index in [1.54, 1.807) is 19.1 Å². The molecule has 1 N–H and O–H groups in total. The van der Waals surface area contributed by atoms with Crippen molar-refractivity contribution in [2.75, 3.05) is 48.5 Å². The van der Waals surface area contributed by atoms with E-state index in [1.165, 1.54) is 37.6 Å². The maximum Gasteiger partial charge on any atom is 0.290 e. The van der Waals surface area contributed by atoms with E-state index in [9.17, 15) is 14.7 Å². The Kier molecular flexibility index (Phi) is 7.83. The number of ether oxygens (including phenoxy) is 3. The van der Waals surface area contributed by atoms with Gasteiger partial charge in [-0.3, -0.25) is 9.59 Å². The number of amides is 1. The number of aryl methyl sites for hydroxylation is 2. The first-order valence-electron chi connectivity index (χ1n) is 10.8. The first-order chi connectivity index (χ1) is 16.1. The summed E-state index contributed by atoms with van der Waals surface area (Å²) in [6.07, 6.45) is 0.660. The Morgan fingerprint density at radius 1 is 1.15 bits per heavy atom. The maximum atomic E-state index is 13.7. The van der Waals surface area contributed by atoms with Gasteiger partial charge in [-0.25, -0.2) is 4.98 Å². The number of hydrogen-bond acceptors (Lipinski definition) is 9. The van der Waals surface area contributed by atoms with Gasteiger partial charge in [-0.2, -0.15) is 0 Å². The first-order valence-corrected chi connectivity index (χ1v) is 11.6. The maximum absolute atomic E-state index is 13.7. The molecular formula is C24H31N3O6S. The minimum atomic E-state index is -0.822. The molecule has 0 bridgehead atoms. The second-order valence-corrected chi connectivity index (χ2v) is 9.46. The molecule has 34 heavy (non-hydrogen) atoms. The van der Waals surface area contributed by atoms with Crippen LogP contribution in [0.2, 0.25) is 0 Å². The van der Waals surface area contributed by atoms with Crippen molar-refractivity contribution in [1.82, 2.24) is 14.8 Å².